The third-order valence-electron chi connectivity index (χ3n) is 4.74. The molecule has 26 heavy (non-hydrogen) atoms. The van der Waals surface area contributed by atoms with E-state index in [0.29, 0.717) is 18.1 Å². The van der Waals surface area contributed by atoms with Crippen LogP contribution in [-0.2, 0) is 17.8 Å². The highest BCUT2D eigenvalue weighted by molar-refractivity contribution is 5.83. The largest absolute Gasteiger partial charge is 0.339 e. The Hall–Kier alpha value is -2.28. The van der Waals surface area contributed by atoms with Gasteiger partial charge in [0.15, 0.2) is 5.82 Å². The molecule has 1 aromatic heterocycles. The number of piperidine rings is 1. The highest BCUT2D eigenvalue weighted by Crippen LogP contribution is 2.27. The number of aryl methyl sites for hydroxylation is 1. The molecule has 2 heterocycles. The van der Waals surface area contributed by atoms with Gasteiger partial charge in [-0.05, 0) is 43.6 Å². The first-order valence-corrected chi connectivity index (χ1v) is 9.14. The van der Waals surface area contributed by atoms with Gasteiger partial charge in [-0.2, -0.15) is 4.98 Å². The van der Waals surface area contributed by atoms with Crippen LogP contribution >= 0.6 is 0 Å². The number of halogens is 1. The number of hydrogen-bond acceptors (Lipinski definition) is 5. The Balaban J connectivity index is 1.79. The van der Waals surface area contributed by atoms with E-state index >= 15 is 0 Å². The summed E-state index contributed by atoms with van der Waals surface area (Å²) >= 11 is 0. The summed E-state index contributed by atoms with van der Waals surface area (Å²) in [5.74, 6) is 0.716. The molecule has 6 nitrogen and oxygen atoms in total. The van der Waals surface area contributed by atoms with Gasteiger partial charge >= 0.3 is 0 Å². The third kappa shape index (κ3) is 4.27. The molecule has 140 valence electrons. The molecule has 0 aliphatic carbocycles. The second-order valence-corrected chi connectivity index (χ2v) is 6.70. The van der Waals surface area contributed by atoms with E-state index in [2.05, 4.69) is 15.0 Å². The van der Waals surface area contributed by atoms with Crippen molar-refractivity contribution < 1.29 is 13.7 Å². The summed E-state index contributed by atoms with van der Waals surface area (Å²) in [5.41, 5.74) is 0.813. The summed E-state index contributed by atoms with van der Waals surface area (Å²) in [6.07, 6.45) is 3.98. The Kier molecular flexibility index (Phi) is 5.98. The molecule has 0 N–H and O–H groups in total. The van der Waals surface area contributed by atoms with Crippen LogP contribution in [0.15, 0.2) is 28.8 Å². The summed E-state index contributed by atoms with van der Waals surface area (Å²) in [6.45, 7) is 3.95. The van der Waals surface area contributed by atoms with Crippen molar-refractivity contribution in [2.75, 3.05) is 20.1 Å². The SMILES string of the molecule is CCc1nc(CN(C)C(=O)[C@H](c2ccc(F)cc2)N2CCCCC2)no1. The predicted molar refractivity (Wildman–Crippen MR) is 94.7 cm³/mol. The molecule has 0 saturated carbocycles. The summed E-state index contributed by atoms with van der Waals surface area (Å²) in [4.78, 5) is 21.3. The first kappa shape index (κ1) is 18.5. The van der Waals surface area contributed by atoms with Crippen LogP contribution in [0.4, 0.5) is 4.39 Å². The standard InChI is InChI=1S/C19H25FN4O2/c1-3-17-21-16(22-26-17)13-23(2)19(25)18(24-11-5-4-6-12-24)14-7-9-15(20)10-8-14/h7-10,18H,3-6,11-13H2,1-2H3/t18-/m0/s1. The van der Waals surface area contributed by atoms with Crippen molar-refractivity contribution in [3.05, 3.63) is 47.4 Å². The van der Waals surface area contributed by atoms with Crippen LogP contribution < -0.4 is 0 Å². The highest BCUT2D eigenvalue weighted by Gasteiger charge is 2.31. The summed E-state index contributed by atoms with van der Waals surface area (Å²) in [5, 5.41) is 3.92. The van der Waals surface area contributed by atoms with Crippen LogP contribution in [0, 0.1) is 5.82 Å². The number of likely N-dealkylation sites (tertiary alicyclic amines) is 1. The first-order chi connectivity index (χ1) is 12.6. The Morgan fingerprint density at radius 2 is 1.96 bits per heavy atom. The Labute approximate surface area is 153 Å². The zero-order chi connectivity index (χ0) is 18.5. The lowest BCUT2D eigenvalue weighted by atomic mass is 10.0. The fraction of sp³-hybridized carbons (Fsp3) is 0.526. The van der Waals surface area contributed by atoms with Gasteiger partial charge in [0.05, 0.1) is 6.54 Å². The monoisotopic (exact) mass is 360 g/mol. The first-order valence-electron chi connectivity index (χ1n) is 9.14. The second kappa shape index (κ2) is 8.40. The number of carbonyl (C=O) groups is 1. The van der Waals surface area contributed by atoms with Crippen molar-refractivity contribution in [2.24, 2.45) is 0 Å². The number of hydrogen-bond donors (Lipinski definition) is 0. The molecule has 1 saturated heterocycles. The van der Waals surface area contributed by atoms with E-state index < -0.39 is 6.04 Å². The molecule has 0 radical (unpaired) electrons. The molecule has 1 atom stereocenters. The highest BCUT2D eigenvalue weighted by atomic mass is 19.1. The summed E-state index contributed by atoms with van der Waals surface area (Å²) in [6, 6.07) is 5.80. The van der Waals surface area contributed by atoms with Gasteiger partial charge in [0.2, 0.25) is 11.8 Å². The number of amides is 1. The van der Waals surface area contributed by atoms with Crippen LogP contribution in [0.1, 0.15) is 49.5 Å². The minimum absolute atomic E-state index is 0.0404. The van der Waals surface area contributed by atoms with Crippen molar-refractivity contribution >= 4 is 5.91 Å². The zero-order valence-electron chi connectivity index (χ0n) is 15.3. The fourth-order valence-corrected chi connectivity index (χ4v) is 3.33. The predicted octanol–water partition coefficient (Wildman–Crippen LogP) is 2.96. The Morgan fingerprint density at radius 3 is 2.58 bits per heavy atom. The zero-order valence-corrected chi connectivity index (χ0v) is 15.3. The number of nitrogens with zero attached hydrogens (tertiary/aromatic N) is 4. The lowest BCUT2D eigenvalue weighted by Gasteiger charge is -2.35. The molecule has 7 heteroatoms. The number of benzene rings is 1. The maximum absolute atomic E-state index is 13.3. The van der Waals surface area contributed by atoms with E-state index in [1.807, 2.05) is 6.92 Å². The molecule has 1 aromatic carbocycles. The van der Waals surface area contributed by atoms with Gasteiger partial charge in [0, 0.05) is 13.5 Å². The average Bonchev–Trinajstić information content (AvgIpc) is 3.12. The van der Waals surface area contributed by atoms with Crippen molar-refractivity contribution in [1.82, 2.24) is 19.9 Å². The molecule has 3 rings (SSSR count). The van der Waals surface area contributed by atoms with Gasteiger partial charge in [0.1, 0.15) is 11.9 Å². The Bertz CT molecular complexity index is 725. The van der Waals surface area contributed by atoms with Crippen molar-refractivity contribution in [2.45, 2.75) is 45.2 Å². The van der Waals surface area contributed by atoms with Crippen molar-refractivity contribution in [3.63, 3.8) is 0 Å². The molecule has 0 unspecified atom stereocenters. The average molecular weight is 360 g/mol. The van der Waals surface area contributed by atoms with E-state index in [1.165, 1.54) is 18.6 Å². The van der Waals surface area contributed by atoms with Gasteiger partial charge in [-0.25, -0.2) is 4.39 Å². The molecule has 1 aliphatic heterocycles. The molecule has 1 aliphatic rings. The molecular weight excluding hydrogens is 335 g/mol. The van der Waals surface area contributed by atoms with Gasteiger partial charge < -0.3 is 9.42 Å². The molecular formula is C19H25FN4O2. The van der Waals surface area contributed by atoms with Crippen molar-refractivity contribution in [1.29, 1.82) is 0 Å². The van der Waals surface area contributed by atoms with Gasteiger partial charge in [0.25, 0.3) is 0 Å². The van der Waals surface area contributed by atoms with E-state index in [0.717, 1.165) is 31.5 Å². The normalized spacial score (nSPS) is 16.4. The maximum atomic E-state index is 13.3. The quantitative estimate of drug-likeness (QED) is 0.793. The second-order valence-electron chi connectivity index (χ2n) is 6.70. The van der Waals surface area contributed by atoms with Gasteiger partial charge in [-0.1, -0.05) is 30.6 Å². The van der Waals surface area contributed by atoms with E-state index in [-0.39, 0.29) is 18.3 Å². The van der Waals surface area contributed by atoms with Gasteiger partial charge in [-0.3, -0.25) is 9.69 Å². The number of likely N-dealkylation sites (N-methyl/N-ethyl adjacent to an activating group) is 1. The molecule has 1 fully saturated rings. The third-order valence-corrected chi connectivity index (χ3v) is 4.74. The number of rotatable bonds is 6. The smallest absolute Gasteiger partial charge is 0.244 e. The topological polar surface area (TPSA) is 62.5 Å². The van der Waals surface area contributed by atoms with Crippen LogP contribution in [0.3, 0.4) is 0 Å². The molecule has 1 amide bonds. The van der Waals surface area contributed by atoms with Crippen LogP contribution in [0.25, 0.3) is 0 Å². The summed E-state index contributed by atoms with van der Waals surface area (Å²) in [7, 11) is 1.74. The van der Waals surface area contributed by atoms with Crippen LogP contribution in [0.5, 0.6) is 0 Å². The molecule has 2 aromatic rings. The van der Waals surface area contributed by atoms with Crippen molar-refractivity contribution in [3.8, 4) is 0 Å². The maximum Gasteiger partial charge on any atom is 0.244 e. The summed E-state index contributed by atoms with van der Waals surface area (Å²) < 4.78 is 18.5. The Morgan fingerprint density at radius 1 is 1.27 bits per heavy atom. The van der Waals surface area contributed by atoms with Crippen LogP contribution in [0.2, 0.25) is 0 Å². The lowest BCUT2D eigenvalue weighted by Crippen LogP contribution is -2.43. The van der Waals surface area contributed by atoms with E-state index in [9.17, 15) is 9.18 Å². The fourth-order valence-electron chi connectivity index (χ4n) is 3.33. The van der Waals surface area contributed by atoms with E-state index in [1.54, 1.807) is 24.1 Å². The molecule has 0 bridgehead atoms. The van der Waals surface area contributed by atoms with Crippen LogP contribution in [-0.4, -0.2) is 46.0 Å². The number of carbonyl (C=O) groups excluding carboxylic acids is 1. The lowest BCUT2D eigenvalue weighted by molar-refractivity contribution is -0.137. The minimum atomic E-state index is -0.418. The van der Waals surface area contributed by atoms with Gasteiger partial charge in [-0.15, -0.1) is 0 Å². The van der Waals surface area contributed by atoms with E-state index in [4.69, 9.17) is 4.52 Å². The minimum Gasteiger partial charge on any atom is -0.339 e. The molecule has 0 spiro atoms. The number of aromatic nitrogens is 2.